The molecule has 2 bridgehead atoms. The van der Waals surface area contributed by atoms with Crippen molar-refractivity contribution in [3.63, 3.8) is 0 Å². The SMILES string of the molecule is CCN(C(=O)c1ncco1)[C@H](C)[C@@]12CC[C@@H](c3cc(-c4c(F)cccc4F)nnc31)C2(C)C. The molecule has 2 aromatic heterocycles. The van der Waals surface area contributed by atoms with Crippen LogP contribution < -0.4 is 0 Å². The van der Waals surface area contributed by atoms with E-state index in [0.717, 1.165) is 24.1 Å². The Kier molecular flexibility index (Phi) is 4.88. The summed E-state index contributed by atoms with van der Waals surface area (Å²) in [6.45, 7) is 8.83. The van der Waals surface area contributed by atoms with E-state index in [1.165, 1.54) is 30.7 Å². The van der Waals surface area contributed by atoms with Gasteiger partial charge in [0.1, 0.15) is 17.9 Å². The summed E-state index contributed by atoms with van der Waals surface area (Å²) >= 11 is 0. The highest BCUT2D eigenvalue weighted by Crippen LogP contribution is 2.69. The van der Waals surface area contributed by atoms with Gasteiger partial charge in [0, 0.05) is 18.0 Å². The monoisotopic (exact) mass is 452 g/mol. The lowest BCUT2D eigenvalue weighted by atomic mass is 9.64. The van der Waals surface area contributed by atoms with Crippen molar-refractivity contribution in [3.05, 3.63) is 65.5 Å². The standard InChI is InChI=1S/C25H26F2N4O2/c1-5-31(23(32)22-28-11-12-33-22)14(2)25-10-9-16(24(25,3)4)15-13-19(29-30-21(15)25)20-17(26)7-6-8-18(20)27/h6-8,11-14,16H,5,9-10H2,1-4H3/t14-,16+,25+/m1/s1. The first-order valence-electron chi connectivity index (χ1n) is 11.3. The third-order valence-electron chi connectivity index (χ3n) is 8.09. The summed E-state index contributed by atoms with van der Waals surface area (Å²) in [4.78, 5) is 19.0. The Morgan fingerprint density at radius 2 is 2.00 bits per heavy atom. The second-order valence-electron chi connectivity index (χ2n) is 9.52. The predicted octanol–water partition coefficient (Wildman–Crippen LogP) is 5.12. The van der Waals surface area contributed by atoms with Gasteiger partial charge in [-0.25, -0.2) is 13.8 Å². The van der Waals surface area contributed by atoms with Gasteiger partial charge < -0.3 is 9.32 Å². The lowest BCUT2D eigenvalue weighted by Gasteiger charge is -2.46. The fraction of sp³-hybridized carbons (Fsp3) is 0.440. The van der Waals surface area contributed by atoms with Gasteiger partial charge in [-0.2, -0.15) is 10.2 Å². The van der Waals surface area contributed by atoms with E-state index in [2.05, 4.69) is 29.0 Å². The fourth-order valence-electron chi connectivity index (χ4n) is 6.47. The van der Waals surface area contributed by atoms with Crippen molar-refractivity contribution in [3.8, 4) is 11.3 Å². The summed E-state index contributed by atoms with van der Waals surface area (Å²) in [6.07, 6.45) is 4.59. The molecule has 1 aromatic carbocycles. The van der Waals surface area contributed by atoms with E-state index in [0.29, 0.717) is 6.54 Å². The average Bonchev–Trinajstić information content (AvgIpc) is 3.45. The van der Waals surface area contributed by atoms with E-state index in [4.69, 9.17) is 4.42 Å². The normalized spacial score (nSPS) is 23.4. The van der Waals surface area contributed by atoms with Crippen LogP contribution in [0, 0.1) is 17.0 Å². The van der Waals surface area contributed by atoms with Crippen LogP contribution in [-0.4, -0.2) is 38.6 Å². The lowest BCUT2D eigenvalue weighted by Crippen LogP contribution is -2.55. The van der Waals surface area contributed by atoms with Gasteiger partial charge in [0.2, 0.25) is 0 Å². The molecule has 1 fully saturated rings. The number of halogens is 2. The van der Waals surface area contributed by atoms with Crippen molar-refractivity contribution in [2.75, 3.05) is 6.54 Å². The van der Waals surface area contributed by atoms with Crippen molar-refractivity contribution < 1.29 is 18.0 Å². The highest BCUT2D eigenvalue weighted by Gasteiger charge is 2.66. The molecule has 2 aliphatic rings. The molecule has 5 rings (SSSR count). The van der Waals surface area contributed by atoms with Gasteiger partial charge in [-0.1, -0.05) is 19.9 Å². The van der Waals surface area contributed by atoms with Crippen LogP contribution in [0.5, 0.6) is 0 Å². The first kappa shape index (κ1) is 21.7. The Morgan fingerprint density at radius 3 is 2.64 bits per heavy atom. The van der Waals surface area contributed by atoms with Gasteiger partial charge in [-0.05, 0) is 61.8 Å². The lowest BCUT2D eigenvalue weighted by molar-refractivity contribution is 0.0413. The average molecular weight is 453 g/mol. The second-order valence-corrected chi connectivity index (χ2v) is 9.52. The van der Waals surface area contributed by atoms with Gasteiger partial charge in [0.15, 0.2) is 0 Å². The summed E-state index contributed by atoms with van der Waals surface area (Å²) < 4.78 is 34.2. The summed E-state index contributed by atoms with van der Waals surface area (Å²) in [5.41, 5.74) is 1.12. The Morgan fingerprint density at radius 1 is 1.27 bits per heavy atom. The third-order valence-corrected chi connectivity index (χ3v) is 8.09. The number of aromatic nitrogens is 3. The van der Waals surface area contributed by atoms with Crippen LogP contribution in [0.4, 0.5) is 8.78 Å². The Bertz CT molecular complexity index is 1210. The zero-order valence-electron chi connectivity index (χ0n) is 19.1. The first-order chi connectivity index (χ1) is 15.7. The molecule has 0 spiro atoms. The maximum absolute atomic E-state index is 14.4. The maximum atomic E-state index is 14.4. The summed E-state index contributed by atoms with van der Waals surface area (Å²) in [7, 11) is 0. The van der Waals surface area contributed by atoms with Crippen LogP contribution in [0.2, 0.25) is 0 Å². The van der Waals surface area contributed by atoms with Crippen molar-refractivity contribution >= 4 is 5.91 Å². The molecule has 3 atom stereocenters. The fourth-order valence-corrected chi connectivity index (χ4v) is 6.47. The number of benzene rings is 1. The molecule has 172 valence electrons. The smallest absolute Gasteiger partial charge is 0.309 e. The van der Waals surface area contributed by atoms with E-state index in [1.54, 1.807) is 11.0 Å². The van der Waals surface area contributed by atoms with Crippen LogP contribution in [0.15, 0.2) is 41.1 Å². The number of fused-ring (bicyclic) bond motifs is 5. The minimum Gasteiger partial charge on any atom is -0.441 e. The molecule has 1 saturated carbocycles. The van der Waals surface area contributed by atoms with Crippen LogP contribution in [0.25, 0.3) is 11.3 Å². The molecule has 0 unspecified atom stereocenters. The van der Waals surface area contributed by atoms with Crippen molar-refractivity contribution in [2.24, 2.45) is 5.41 Å². The number of rotatable bonds is 5. The molecule has 0 N–H and O–H groups in total. The number of amides is 1. The summed E-state index contributed by atoms with van der Waals surface area (Å²) in [5, 5.41) is 8.84. The minimum absolute atomic E-state index is 0.0575. The van der Waals surface area contributed by atoms with E-state index < -0.39 is 17.0 Å². The first-order valence-corrected chi connectivity index (χ1v) is 11.3. The van der Waals surface area contributed by atoms with Gasteiger partial charge in [0.05, 0.1) is 23.1 Å². The van der Waals surface area contributed by atoms with E-state index in [9.17, 15) is 13.6 Å². The van der Waals surface area contributed by atoms with Crippen molar-refractivity contribution in [1.29, 1.82) is 0 Å². The maximum Gasteiger partial charge on any atom is 0.309 e. The zero-order valence-corrected chi connectivity index (χ0v) is 19.1. The molecular weight excluding hydrogens is 426 g/mol. The minimum atomic E-state index is -0.663. The molecular formula is C25H26F2N4O2. The Balaban J connectivity index is 1.62. The molecule has 2 heterocycles. The molecule has 2 aliphatic carbocycles. The molecule has 0 aliphatic heterocycles. The number of nitrogens with zero attached hydrogens (tertiary/aromatic N) is 4. The van der Waals surface area contributed by atoms with E-state index in [1.807, 2.05) is 13.8 Å². The number of carbonyl (C=O) groups is 1. The Hall–Kier alpha value is -3.16. The Labute approximate surface area is 191 Å². The zero-order chi connectivity index (χ0) is 23.5. The molecule has 3 aromatic rings. The molecule has 0 saturated heterocycles. The summed E-state index contributed by atoms with van der Waals surface area (Å²) in [6, 6.07) is 5.35. The number of hydrogen-bond donors (Lipinski definition) is 0. The second kappa shape index (κ2) is 7.43. The van der Waals surface area contributed by atoms with Crippen LogP contribution in [0.3, 0.4) is 0 Å². The molecule has 6 nitrogen and oxygen atoms in total. The van der Waals surface area contributed by atoms with Gasteiger partial charge in [0.25, 0.3) is 5.89 Å². The third kappa shape index (κ3) is 2.82. The van der Waals surface area contributed by atoms with Gasteiger partial charge in [-0.3, -0.25) is 4.79 Å². The highest BCUT2D eigenvalue weighted by atomic mass is 19.1. The molecule has 33 heavy (non-hydrogen) atoms. The van der Waals surface area contributed by atoms with Crippen LogP contribution in [0.1, 0.15) is 68.4 Å². The number of likely N-dealkylation sites (N-methyl/N-ethyl adjacent to an activating group) is 1. The largest absolute Gasteiger partial charge is 0.441 e. The van der Waals surface area contributed by atoms with E-state index in [-0.39, 0.29) is 40.4 Å². The van der Waals surface area contributed by atoms with Crippen molar-refractivity contribution in [1.82, 2.24) is 20.1 Å². The van der Waals surface area contributed by atoms with Crippen LogP contribution >= 0.6 is 0 Å². The number of carbonyl (C=O) groups excluding carboxylic acids is 1. The van der Waals surface area contributed by atoms with Gasteiger partial charge >= 0.3 is 5.91 Å². The molecule has 0 radical (unpaired) electrons. The predicted molar refractivity (Wildman–Crippen MR) is 117 cm³/mol. The topological polar surface area (TPSA) is 72.1 Å². The van der Waals surface area contributed by atoms with Crippen LogP contribution in [-0.2, 0) is 5.41 Å². The molecule has 1 amide bonds. The van der Waals surface area contributed by atoms with E-state index >= 15 is 0 Å². The number of oxazole rings is 1. The molecule has 8 heteroatoms. The van der Waals surface area contributed by atoms with Gasteiger partial charge in [-0.15, -0.1) is 0 Å². The summed E-state index contributed by atoms with van der Waals surface area (Å²) in [5.74, 6) is -1.39. The quantitative estimate of drug-likeness (QED) is 0.538. The number of hydrogen-bond acceptors (Lipinski definition) is 5. The van der Waals surface area contributed by atoms with Crippen molar-refractivity contribution in [2.45, 2.75) is 57.9 Å². The highest BCUT2D eigenvalue weighted by molar-refractivity contribution is 5.90.